The predicted molar refractivity (Wildman–Crippen MR) is 77.3 cm³/mol. The summed E-state index contributed by atoms with van der Waals surface area (Å²) < 4.78 is 31.9. The van der Waals surface area contributed by atoms with Crippen molar-refractivity contribution in [2.45, 2.75) is 25.9 Å². The summed E-state index contributed by atoms with van der Waals surface area (Å²) in [6.07, 6.45) is -0.940. The van der Waals surface area contributed by atoms with Crippen molar-refractivity contribution in [3.63, 3.8) is 0 Å². The Hall–Kier alpha value is -1.94. The fraction of sp³-hybridized carbons (Fsp3) is 0.294. The molecule has 0 bridgehead atoms. The van der Waals surface area contributed by atoms with Crippen molar-refractivity contribution in [2.75, 3.05) is 6.61 Å². The number of hydrogen-bond acceptors (Lipinski definition) is 2. The molecule has 0 spiro atoms. The minimum Gasteiger partial charge on any atom is -0.484 e. The van der Waals surface area contributed by atoms with Crippen molar-refractivity contribution in [3.05, 3.63) is 65.2 Å². The largest absolute Gasteiger partial charge is 0.484 e. The van der Waals surface area contributed by atoms with Gasteiger partial charge >= 0.3 is 0 Å². The summed E-state index contributed by atoms with van der Waals surface area (Å²) in [6, 6.07) is 10.9. The van der Waals surface area contributed by atoms with E-state index in [1.54, 1.807) is 12.1 Å². The first-order chi connectivity index (χ1) is 9.99. The molecular weight excluding hydrogens is 274 g/mol. The van der Waals surface area contributed by atoms with Crippen LogP contribution in [-0.2, 0) is 0 Å². The lowest BCUT2D eigenvalue weighted by molar-refractivity contribution is 0.103. The van der Waals surface area contributed by atoms with Gasteiger partial charge in [-0.05, 0) is 29.2 Å². The highest BCUT2D eigenvalue weighted by molar-refractivity contribution is 5.28. The maximum Gasteiger partial charge on any atom is 0.190 e. The zero-order valence-electron chi connectivity index (χ0n) is 12.0. The summed E-state index contributed by atoms with van der Waals surface area (Å²) in [6.45, 7) is 3.95. The molecule has 2 nitrogen and oxygen atoms in total. The molecule has 0 aliphatic rings. The van der Waals surface area contributed by atoms with Crippen LogP contribution in [-0.4, -0.2) is 11.7 Å². The summed E-state index contributed by atoms with van der Waals surface area (Å²) >= 11 is 0. The van der Waals surface area contributed by atoms with Crippen LogP contribution in [0.5, 0.6) is 5.75 Å². The molecule has 1 unspecified atom stereocenters. The highest BCUT2D eigenvalue weighted by atomic mass is 19.1. The summed E-state index contributed by atoms with van der Waals surface area (Å²) in [5, 5.41) is 10.0. The van der Waals surface area contributed by atoms with Crippen LogP contribution in [0.4, 0.5) is 8.78 Å². The van der Waals surface area contributed by atoms with Gasteiger partial charge in [0, 0.05) is 0 Å². The Bertz CT molecular complexity index is 574. The van der Waals surface area contributed by atoms with Gasteiger partial charge in [-0.2, -0.15) is 0 Å². The van der Waals surface area contributed by atoms with Gasteiger partial charge < -0.3 is 9.84 Å². The highest BCUT2D eigenvalue weighted by Crippen LogP contribution is 2.23. The molecule has 2 aromatic carbocycles. The lowest BCUT2D eigenvalue weighted by Crippen LogP contribution is -2.11. The fourth-order valence-corrected chi connectivity index (χ4v) is 1.98. The quantitative estimate of drug-likeness (QED) is 0.895. The minimum absolute atomic E-state index is 0.209. The van der Waals surface area contributed by atoms with Gasteiger partial charge in [0.25, 0.3) is 0 Å². The number of aliphatic hydroxyl groups is 1. The van der Waals surface area contributed by atoms with Crippen LogP contribution in [0.25, 0.3) is 0 Å². The van der Waals surface area contributed by atoms with Crippen LogP contribution in [0.15, 0.2) is 42.5 Å². The van der Waals surface area contributed by atoms with Crippen molar-refractivity contribution in [3.8, 4) is 5.75 Å². The third-order valence-corrected chi connectivity index (χ3v) is 3.29. The minimum atomic E-state index is -0.940. The van der Waals surface area contributed by atoms with E-state index in [-0.39, 0.29) is 6.61 Å². The predicted octanol–water partition coefficient (Wildman–Crippen LogP) is 4.20. The fourth-order valence-electron chi connectivity index (χ4n) is 1.98. The maximum atomic E-state index is 13.4. The maximum absolute atomic E-state index is 13.4. The topological polar surface area (TPSA) is 29.5 Å². The number of ether oxygens (including phenoxy) is 1. The molecule has 1 atom stereocenters. The molecule has 0 aliphatic carbocycles. The van der Waals surface area contributed by atoms with E-state index in [1.165, 1.54) is 6.07 Å². The summed E-state index contributed by atoms with van der Waals surface area (Å²) in [5.74, 6) is -1.62. The molecule has 0 heterocycles. The molecule has 2 rings (SSSR count). The standard InChI is InChI=1S/C17H18F2O2/c1-11(2)12-6-8-13(9-7-12)16(20)10-21-17-14(18)4-3-5-15(17)19/h3-9,11,16,20H,10H2,1-2H3. The Balaban J connectivity index is 2.03. The molecule has 1 N–H and O–H groups in total. The van der Waals surface area contributed by atoms with Crippen LogP contribution >= 0.6 is 0 Å². The van der Waals surface area contributed by atoms with E-state index < -0.39 is 23.5 Å². The van der Waals surface area contributed by atoms with Crippen molar-refractivity contribution >= 4 is 0 Å². The highest BCUT2D eigenvalue weighted by Gasteiger charge is 2.14. The zero-order valence-corrected chi connectivity index (χ0v) is 12.0. The van der Waals surface area contributed by atoms with Gasteiger partial charge in [-0.3, -0.25) is 0 Å². The van der Waals surface area contributed by atoms with Crippen molar-refractivity contribution in [1.29, 1.82) is 0 Å². The number of rotatable bonds is 5. The van der Waals surface area contributed by atoms with Gasteiger partial charge in [-0.15, -0.1) is 0 Å². The van der Waals surface area contributed by atoms with E-state index in [0.717, 1.165) is 17.7 Å². The lowest BCUT2D eigenvalue weighted by atomic mass is 10.0. The Labute approximate surface area is 123 Å². The molecule has 0 saturated heterocycles. The monoisotopic (exact) mass is 292 g/mol. The van der Waals surface area contributed by atoms with Gasteiger partial charge in [0.2, 0.25) is 0 Å². The molecule has 0 amide bonds. The summed E-state index contributed by atoms with van der Waals surface area (Å²) in [4.78, 5) is 0. The first-order valence-electron chi connectivity index (χ1n) is 6.83. The Morgan fingerprint density at radius 1 is 0.952 bits per heavy atom. The van der Waals surface area contributed by atoms with Crippen molar-refractivity contribution in [1.82, 2.24) is 0 Å². The molecule has 0 radical (unpaired) electrons. The number of para-hydroxylation sites is 1. The molecule has 21 heavy (non-hydrogen) atoms. The first kappa shape index (κ1) is 15.4. The molecule has 112 valence electrons. The van der Waals surface area contributed by atoms with Crippen LogP contribution in [0.1, 0.15) is 37.0 Å². The zero-order chi connectivity index (χ0) is 15.4. The lowest BCUT2D eigenvalue weighted by Gasteiger charge is -2.14. The van der Waals surface area contributed by atoms with E-state index in [0.29, 0.717) is 11.5 Å². The van der Waals surface area contributed by atoms with Crippen molar-refractivity contribution < 1.29 is 18.6 Å². The molecule has 4 heteroatoms. The van der Waals surface area contributed by atoms with E-state index >= 15 is 0 Å². The van der Waals surface area contributed by atoms with Crippen molar-refractivity contribution in [2.24, 2.45) is 0 Å². The van der Waals surface area contributed by atoms with E-state index in [1.807, 2.05) is 12.1 Å². The smallest absolute Gasteiger partial charge is 0.190 e. The Kier molecular flexibility index (Phi) is 4.91. The van der Waals surface area contributed by atoms with Crippen LogP contribution in [0.3, 0.4) is 0 Å². The number of benzene rings is 2. The van der Waals surface area contributed by atoms with Crippen LogP contribution < -0.4 is 4.74 Å². The van der Waals surface area contributed by atoms with E-state index in [4.69, 9.17) is 4.74 Å². The Morgan fingerprint density at radius 2 is 1.48 bits per heavy atom. The first-order valence-corrected chi connectivity index (χ1v) is 6.83. The molecule has 0 saturated carbocycles. The molecule has 0 aromatic heterocycles. The second-order valence-electron chi connectivity index (χ2n) is 5.20. The summed E-state index contributed by atoms with van der Waals surface area (Å²) in [5.41, 5.74) is 1.81. The SMILES string of the molecule is CC(C)c1ccc(C(O)COc2c(F)cccc2F)cc1. The van der Waals surface area contributed by atoms with Gasteiger partial charge in [-0.25, -0.2) is 8.78 Å². The normalized spacial score (nSPS) is 12.5. The van der Waals surface area contributed by atoms with Gasteiger partial charge in [0.15, 0.2) is 17.4 Å². The molecule has 0 fully saturated rings. The summed E-state index contributed by atoms with van der Waals surface area (Å²) in [7, 11) is 0. The number of hydrogen-bond donors (Lipinski definition) is 1. The van der Waals surface area contributed by atoms with E-state index in [9.17, 15) is 13.9 Å². The van der Waals surface area contributed by atoms with Gasteiger partial charge in [-0.1, -0.05) is 44.2 Å². The second-order valence-corrected chi connectivity index (χ2v) is 5.20. The average molecular weight is 292 g/mol. The third kappa shape index (κ3) is 3.79. The van der Waals surface area contributed by atoms with E-state index in [2.05, 4.69) is 13.8 Å². The van der Waals surface area contributed by atoms with Gasteiger partial charge in [0.1, 0.15) is 12.7 Å². The number of halogens is 2. The van der Waals surface area contributed by atoms with Crippen LogP contribution in [0, 0.1) is 11.6 Å². The second kappa shape index (κ2) is 6.68. The number of aliphatic hydroxyl groups excluding tert-OH is 1. The average Bonchev–Trinajstić information content (AvgIpc) is 2.46. The molecule has 0 aliphatic heterocycles. The Morgan fingerprint density at radius 3 is 2.00 bits per heavy atom. The molecular formula is C17H18F2O2. The molecule has 2 aromatic rings. The van der Waals surface area contributed by atoms with Crippen LogP contribution in [0.2, 0.25) is 0 Å². The van der Waals surface area contributed by atoms with Gasteiger partial charge in [0.05, 0.1) is 0 Å². The third-order valence-electron chi connectivity index (χ3n) is 3.29.